The second kappa shape index (κ2) is 8.09. The van der Waals surface area contributed by atoms with Crippen LogP contribution < -0.4 is 25.4 Å². The smallest absolute Gasteiger partial charge is 0.251 e. The highest BCUT2D eigenvalue weighted by Crippen LogP contribution is 2.31. The van der Waals surface area contributed by atoms with Crippen molar-refractivity contribution in [2.45, 2.75) is 19.0 Å². The van der Waals surface area contributed by atoms with E-state index in [9.17, 15) is 9.59 Å². The van der Waals surface area contributed by atoms with Gasteiger partial charge in [0.1, 0.15) is 17.5 Å². The molecule has 142 valence electrons. The van der Waals surface area contributed by atoms with Crippen molar-refractivity contribution < 1.29 is 19.1 Å². The highest BCUT2D eigenvalue weighted by molar-refractivity contribution is 6.04. The predicted molar refractivity (Wildman–Crippen MR) is 102 cm³/mol. The lowest BCUT2D eigenvalue weighted by Crippen LogP contribution is -2.41. The number of carbonyl (C=O) groups is 2. The van der Waals surface area contributed by atoms with Crippen LogP contribution in [0.15, 0.2) is 42.5 Å². The third-order valence-corrected chi connectivity index (χ3v) is 4.61. The lowest BCUT2D eigenvalue weighted by atomic mass is 10.1. The van der Waals surface area contributed by atoms with E-state index in [0.717, 1.165) is 5.56 Å². The van der Waals surface area contributed by atoms with Crippen molar-refractivity contribution in [3.63, 3.8) is 0 Å². The van der Waals surface area contributed by atoms with Gasteiger partial charge in [-0.1, -0.05) is 12.1 Å². The zero-order valence-electron chi connectivity index (χ0n) is 15.4. The highest BCUT2D eigenvalue weighted by Gasteiger charge is 2.34. The number of hydrogen-bond acceptors (Lipinski definition) is 5. The van der Waals surface area contributed by atoms with Crippen LogP contribution in [-0.2, 0) is 11.3 Å². The maximum absolute atomic E-state index is 12.8. The lowest BCUT2D eigenvalue weighted by molar-refractivity contribution is -0.118. The quantitative estimate of drug-likeness (QED) is 0.808. The van der Waals surface area contributed by atoms with E-state index in [0.29, 0.717) is 42.3 Å². The van der Waals surface area contributed by atoms with E-state index >= 15 is 0 Å². The van der Waals surface area contributed by atoms with Crippen molar-refractivity contribution in [2.24, 2.45) is 5.73 Å². The SMILES string of the molecule is COc1cc(OC)cc(N2CCC(NC(=O)c3ccc(CN)cc3)C2=O)c1. The average molecular weight is 369 g/mol. The number of amides is 2. The summed E-state index contributed by atoms with van der Waals surface area (Å²) in [7, 11) is 3.12. The van der Waals surface area contributed by atoms with E-state index < -0.39 is 6.04 Å². The van der Waals surface area contributed by atoms with Crippen LogP contribution in [-0.4, -0.2) is 38.6 Å². The first kappa shape index (κ1) is 18.7. The molecule has 1 fully saturated rings. The molecule has 3 rings (SSSR count). The van der Waals surface area contributed by atoms with Gasteiger partial charge in [-0.15, -0.1) is 0 Å². The molecule has 0 aromatic heterocycles. The summed E-state index contributed by atoms with van der Waals surface area (Å²) in [6, 6.07) is 11.8. The van der Waals surface area contributed by atoms with Crippen LogP contribution in [0.1, 0.15) is 22.3 Å². The van der Waals surface area contributed by atoms with Crippen LogP contribution in [0, 0.1) is 0 Å². The minimum absolute atomic E-state index is 0.155. The van der Waals surface area contributed by atoms with E-state index in [4.69, 9.17) is 15.2 Å². The third kappa shape index (κ3) is 4.03. The Morgan fingerprint density at radius 1 is 1.15 bits per heavy atom. The molecule has 0 aliphatic carbocycles. The fourth-order valence-corrected chi connectivity index (χ4v) is 3.05. The van der Waals surface area contributed by atoms with Gasteiger partial charge in [0.2, 0.25) is 5.91 Å². The Hall–Kier alpha value is -3.06. The van der Waals surface area contributed by atoms with Crippen LogP contribution >= 0.6 is 0 Å². The Morgan fingerprint density at radius 2 is 1.78 bits per heavy atom. The molecule has 2 aromatic carbocycles. The Bertz CT molecular complexity index is 813. The topological polar surface area (TPSA) is 93.9 Å². The summed E-state index contributed by atoms with van der Waals surface area (Å²) >= 11 is 0. The first-order valence-electron chi connectivity index (χ1n) is 8.70. The molecule has 0 bridgehead atoms. The van der Waals surface area contributed by atoms with E-state index in [1.807, 2.05) is 0 Å². The first-order chi connectivity index (χ1) is 13.0. The summed E-state index contributed by atoms with van der Waals surface area (Å²) in [6.07, 6.45) is 0.533. The van der Waals surface area contributed by atoms with Crippen molar-refractivity contribution in [1.82, 2.24) is 5.32 Å². The van der Waals surface area contributed by atoms with Crippen molar-refractivity contribution >= 4 is 17.5 Å². The number of nitrogens with two attached hydrogens (primary N) is 1. The Balaban J connectivity index is 1.72. The average Bonchev–Trinajstić information content (AvgIpc) is 3.07. The molecule has 2 amide bonds. The van der Waals surface area contributed by atoms with Gasteiger partial charge in [-0.2, -0.15) is 0 Å². The maximum Gasteiger partial charge on any atom is 0.251 e. The molecule has 0 radical (unpaired) electrons. The molecule has 1 unspecified atom stereocenters. The number of nitrogens with one attached hydrogen (secondary N) is 1. The molecule has 1 aliphatic heterocycles. The van der Waals surface area contributed by atoms with Gasteiger partial charge >= 0.3 is 0 Å². The van der Waals surface area contributed by atoms with Gasteiger partial charge in [-0.3, -0.25) is 9.59 Å². The molecule has 7 heteroatoms. The maximum atomic E-state index is 12.8. The third-order valence-electron chi connectivity index (χ3n) is 4.61. The van der Waals surface area contributed by atoms with Gasteiger partial charge in [-0.05, 0) is 24.1 Å². The molecule has 1 heterocycles. The summed E-state index contributed by atoms with van der Waals surface area (Å²) in [6.45, 7) is 0.925. The highest BCUT2D eigenvalue weighted by atomic mass is 16.5. The number of hydrogen-bond donors (Lipinski definition) is 2. The number of methoxy groups -OCH3 is 2. The van der Waals surface area contributed by atoms with Crippen molar-refractivity contribution in [3.8, 4) is 11.5 Å². The fraction of sp³-hybridized carbons (Fsp3) is 0.300. The van der Waals surface area contributed by atoms with Crippen molar-refractivity contribution in [1.29, 1.82) is 0 Å². The van der Waals surface area contributed by atoms with Crippen LogP contribution in [0.2, 0.25) is 0 Å². The molecule has 7 nitrogen and oxygen atoms in total. The minimum atomic E-state index is -0.566. The molecule has 3 N–H and O–H groups in total. The van der Waals surface area contributed by atoms with Crippen LogP contribution in [0.4, 0.5) is 5.69 Å². The Kier molecular flexibility index (Phi) is 5.61. The summed E-state index contributed by atoms with van der Waals surface area (Å²) in [5.41, 5.74) is 7.70. The number of nitrogens with zero attached hydrogens (tertiary/aromatic N) is 1. The van der Waals surface area contributed by atoms with Crippen molar-refractivity contribution in [2.75, 3.05) is 25.7 Å². The lowest BCUT2D eigenvalue weighted by Gasteiger charge is -2.19. The number of anilines is 1. The number of benzene rings is 2. The molecule has 0 saturated carbocycles. The van der Waals surface area contributed by atoms with E-state index in [2.05, 4.69) is 5.32 Å². The Labute approximate surface area is 158 Å². The normalized spacial score (nSPS) is 16.3. The molecule has 1 aliphatic rings. The Morgan fingerprint density at radius 3 is 2.33 bits per heavy atom. The summed E-state index contributed by atoms with van der Waals surface area (Å²) in [5.74, 6) is 0.772. The summed E-state index contributed by atoms with van der Waals surface area (Å²) in [5, 5.41) is 2.82. The zero-order chi connectivity index (χ0) is 19.4. The second-order valence-corrected chi connectivity index (χ2v) is 6.28. The molecule has 0 spiro atoms. The van der Waals surface area contributed by atoms with Gasteiger partial charge in [-0.25, -0.2) is 0 Å². The van der Waals surface area contributed by atoms with E-state index in [-0.39, 0.29) is 11.8 Å². The van der Waals surface area contributed by atoms with Crippen LogP contribution in [0.3, 0.4) is 0 Å². The molecule has 2 aromatic rings. The van der Waals surface area contributed by atoms with Gasteiger partial charge in [0.25, 0.3) is 5.91 Å². The number of ether oxygens (including phenoxy) is 2. The first-order valence-corrected chi connectivity index (χ1v) is 8.70. The van der Waals surface area contributed by atoms with Crippen LogP contribution in [0.25, 0.3) is 0 Å². The number of rotatable bonds is 6. The predicted octanol–water partition coefficient (Wildman–Crippen LogP) is 1.70. The second-order valence-electron chi connectivity index (χ2n) is 6.28. The van der Waals surface area contributed by atoms with Crippen LogP contribution in [0.5, 0.6) is 11.5 Å². The van der Waals surface area contributed by atoms with Gasteiger partial charge in [0.05, 0.1) is 19.9 Å². The molecule has 1 saturated heterocycles. The van der Waals surface area contributed by atoms with Gasteiger partial charge in [0.15, 0.2) is 0 Å². The van der Waals surface area contributed by atoms with Gasteiger partial charge in [0, 0.05) is 36.9 Å². The fourth-order valence-electron chi connectivity index (χ4n) is 3.05. The molecule has 1 atom stereocenters. The van der Waals surface area contributed by atoms with E-state index in [1.165, 1.54) is 0 Å². The molecule has 27 heavy (non-hydrogen) atoms. The summed E-state index contributed by atoms with van der Waals surface area (Å²) < 4.78 is 10.5. The standard InChI is InChI=1S/C20H23N3O4/c1-26-16-9-15(10-17(11-16)27-2)23-8-7-18(20(23)25)22-19(24)14-5-3-13(12-21)4-6-14/h3-6,9-11,18H,7-8,12,21H2,1-2H3,(H,22,24). The summed E-state index contributed by atoms with van der Waals surface area (Å²) in [4.78, 5) is 26.9. The molecular weight excluding hydrogens is 346 g/mol. The monoisotopic (exact) mass is 369 g/mol. The largest absolute Gasteiger partial charge is 0.497 e. The van der Waals surface area contributed by atoms with E-state index in [1.54, 1.807) is 61.6 Å². The van der Waals surface area contributed by atoms with Crippen molar-refractivity contribution in [3.05, 3.63) is 53.6 Å². The zero-order valence-corrected chi connectivity index (χ0v) is 15.4. The number of carbonyl (C=O) groups excluding carboxylic acids is 2. The minimum Gasteiger partial charge on any atom is -0.497 e. The van der Waals surface area contributed by atoms with Gasteiger partial charge < -0.3 is 25.4 Å². The molecular formula is C20H23N3O4.